The number of piperidine rings is 1. The smallest absolute Gasteiger partial charge is 0.00189 e. The fraction of sp³-hybridized carbons (Fsp3) is 0.300. The van der Waals surface area contributed by atoms with Crippen molar-refractivity contribution in [2.45, 2.75) is 19.8 Å². The number of nitrogens with zero attached hydrogens (tertiary/aromatic N) is 1. The summed E-state index contributed by atoms with van der Waals surface area (Å²) in [5.74, 6) is 0. The Morgan fingerprint density at radius 1 is 0.762 bits per heavy atom. The minimum absolute atomic E-state index is 1.18. The Balaban J connectivity index is 1.86. The number of hydrogen-bond donors (Lipinski definition) is 0. The summed E-state index contributed by atoms with van der Waals surface area (Å²) in [6, 6.07) is 17.8. The lowest BCUT2D eigenvalue weighted by atomic mass is 9.92. The van der Waals surface area contributed by atoms with Crippen molar-refractivity contribution in [2.24, 2.45) is 0 Å². The van der Waals surface area contributed by atoms with Crippen LogP contribution in [-0.4, -0.2) is 24.5 Å². The molecule has 1 fully saturated rings. The molecule has 1 aliphatic heterocycles. The summed E-state index contributed by atoms with van der Waals surface area (Å²) < 4.78 is 0. The standard InChI is InChI=1S/C20H21N/c1-2-21-13-11-15(12-14-21)20-18-9-5-3-7-16(18)17-8-4-6-10-19(17)20/h3-10H,2,11-14H2,1H3. The molecule has 1 heteroatoms. The summed E-state index contributed by atoms with van der Waals surface area (Å²) in [4.78, 5) is 2.55. The third-order valence-corrected chi connectivity index (χ3v) is 4.94. The molecule has 1 aliphatic carbocycles. The molecule has 0 N–H and O–H groups in total. The van der Waals surface area contributed by atoms with Crippen molar-refractivity contribution < 1.29 is 0 Å². The highest BCUT2D eigenvalue weighted by atomic mass is 15.1. The van der Waals surface area contributed by atoms with E-state index in [2.05, 4.69) is 60.4 Å². The molecule has 0 amide bonds. The summed E-state index contributed by atoms with van der Waals surface area (Å²) in [5, 5.41) is 0. The normalized spacial score (nSPS) is 17.8. The number of rotatable bonds is 1. The Labute approximate surface area is 126 Å². The van der Waals surface area contributed by atoms with Gasteiger partial charge in [-0.25, -0.2) is 0 Å². The van der Waals surface area contributed by atoms with E-state index in [1.54, 1.807) is 5.57 Å². The van der Waals surface area contributed by atoms with E-state index in [1.165, 1.54) is 60.3 Å². The first-order chi connectivity index (χ1) is 10.4. The molecule has 106 valence electrons. The lowest BCUT2D eigenvalue weighted by Gasteiger charge is -2.28. The number of likely N-dealkylation sites (tertiary alicyclic amines) is 1. The van der Waals surface area contributed by atoms with Gasteiger partial charge in [-0.2, -0.15) is 0 Å². The lowest BCUT2D eigenvalue weighted by molar-refractivity contribution is 0.270. The van der Waals surface area contributed by atoms with Crippen molar-refractivity contribution in [1.82, 2.24) is 4.90 Å². The van der Waals surface area contributed by atoms with Crippen LogP contribution in [0.5, 0.6) is 0 Å². The average molecular weight is 275 g/mol. The topological polar surface area (TPSA) is 3.24 Å². The van der Waals surface area contributed by atoms with Gasteiger partial charge >= 0.3 is 0 Å². The molecule has 0 spiro atoms. The van der Waals surface area contributed by atoms with Crippen LogP contribution < -0.4 is 0 Å². The van der Waals surface area contributed by atoms with Gasteiger partial charge in [-0.1, -0.05) is 61.0 Å². The molecular formula is C20H21N. The van der Waals surface area contributed by atoms with Crippen LogP contribution in [0.15, 0.2) is 54.1 Å². The van der Waals surface area contributed by atoms with E-state index in [-0.39, 0.29) is 0 Å². The van der Waals surface area contributed by atoms with E-state index in [0.717, 1.165) is 0 Å². The largest absolute Gasteiger partial charge is 0.303 e. The van der Waals surface area contributed by atoms with E-state index in [9.17, 15) is 0 Å². The Morgan fingerprint density at radius 2 is 1.24 bits per heavy atom. The fourth-order valence-electron chi connectivity index (χ4n) is 3.79. The molecule has 0 atom stereocenters. The second kappa shape index (κ2) is 5.16. The molecule has 2 aromatic rings. The molecule has 0 unspecified atom stereocenters. The fourth-order valence-corrected chi connectivity index (χ4v) is 3.79. The first kappa shape index (κ1) is 12.8. The predicted octanol–water partition coefficient (Wildman–Crippen LogP) is 4.58. The SMILES string of the molecule is CCN1CCC(=C2c3ccccc3-c3ccccc32)CC1. The van der Waals surface area contributed by atoms with Gasteiger partial charge in [0.25, 0.3) is 0 Å². The van der Waals surface area contributed by atoms with Crippen molar-refractivity contribution in [1.29, 1.82) is 0 Å². The van der Waals surface area contributed by atoms with E-state index in [4.69, 9.17) is 0 Å². The van der Waals surface area contributed by atoms with Crippen LogP contribution in [0.4, 0.5) is 0 Å². The maximum atomic E-state index is 2.55. The van der Waals surface area contributed by atoms with Gasteiger partial charge in [0.15, 0.2) is 0 Å². The highest BCUT2D eigenvalue weighted by molar-refractivity contribution is 6.02. The van der Waals surface area contributed by atoms with Crippen molar-refractivity contribution in [3.8, 4) is 11.1 Å². The quantitative estimate of drug-likeness (QED) is 0.628. The predicted molar refractivity (Wildman–Crippen MR) is 89.2 cm³/mol. The maximum absolute atomic E-state index is 2.55. The summed E-state index contributed by atoms with van der Waals surface area (Å²) >= 11 is 0. The number of benzene rings is 2. The average Bonchev–Trinajstić information content (AvgIpc) is 2.90. The Hall–Kier alpha value is -1.86. The molecule has 0 saturated carbocycles. The summed E-state index contributed by atoms with van der Waals surface area (Å²) in [6.07, 6.45) is 2.43. The van der Waals surface area contributed by atoms with Gasteiger partial charge in [0.1, 0.15) is 0 Å². The molecule has 2 aliphatic rings. The van der Waals surface area contributed by atoms with E-state index in [0.29, 0.717) is 0 Å². The second-order valence-electron chi connectivity index (χ2n) is 6.00. The van der Waals surface area contributed by atoms with Gasteiger partial charge in [0.2, 0.25) is 0 Å². The van der Waals surface area contributed by atoms with Gasteiger partial charge in [-0.05, 0) is 47.2 Å². The molecule has 4 rings (SSSR count). The molecule has 1 nitrogen and oxygen atoms in total. The van der Waals surface area contributed by atoms with Gasteiger partial charge in [-0.15, -0.1) is 0 Å². The van der Waals surface area contributed by atoms with Crippen molar-refractivity contribution in [2.75, 3.05) is 19.6 Å². The second-order valence-corrected chi connectivity index (χ2v) is 6.00. The van der Waals surface area contributed by atoms with Crippen LogP contribution in [-0.2, 0) is 0 Å². The van der Waals surface area contributed by atoms with Gasteiger partial charge in [0, 0.05) is 13.1 Å². The van der Waals surface area contributed by atoms with Crippen LogP contribution >= 0.6 is 0 Å². The molecule has 1 saturated heterocycles. The summed E-state index contributed by atoms with van der Waals surface area (Å²) in [5.41, 5.74) is 8.88. The number of hydrogen-bond acceptors (Lipinski definition) is 1. The highest BCUT2D eigenvalue weighted by Gasteiger charge is 2.26. The summed E-state index contributed by atoms with van der Waals surface area (Å²) in [6.45, 7) is 5.85. The monoisotopic (exact) mass is 275 g/mol. The zero-order chi connectivity index (χ0) is 14.2. The van der Waals surface area contributed by atoms with Crippen LogP contribution in [0.1, 0.15) is 30.9 Å². The molecule has 0 bridgehead atoms. The minimum atomic E-state index is 1.18. The molecule has 0 aromatic heterocycles. The van der Waals surface area contributed by atoms with Crippen LogP contribution in [0.2, 0.25) is 0 Å². The van der Waals surface area contributed by atoms with Crippen molar-refractivity contribution in [3.05, 3.63) is 65.2 Å². The van der Waals surface area contributed by atoms with Gasteiger partial charge in [0.05, 0.1) is 0 Å². The zero-order valence-electron chi connectivity index (χ0n) is 12.6. The molecule has 1 heterocycles. The van der Waals surface area contributed by atoms with E-state index in [1.807, 2.05) is 0 Å². The number of fused-ring (bicyclic) bond motifs is 3. The van der Waals surface area contributed by atoms with Gasteiger partial charge in [-0.3, -0.25) is 0 Å². The lowest BCUT2D eigenvalue weighted by Crippen LogP contribution is -2.30. The third kappa shape index (κ3) is 2.04. The molecular weight excluding hydrogens is 254 g/mol. The maximum Gasteiger partial charge on any atom is 0.00189 e. The van der Waals surface area contributed by atoms with Crippen molar-refractivity contribution >= 4 is 5.57 Å². The van der Waals surface area contributed by atoms with Crippen LogP contribution in [0, 0.1) is 0 Å². The third-order valence-electron chi connectivity index (χ3n) is 4.94. The van der Waals surface area contributed by atoms with E-state index >= 15 is 0 Å². The molecule has 21 heavy (non-hydrogen) atoms. The Morgan fingerprint density at radius 3 is 1.71 bits per heavy atom. The zero-order valence-corrected chi connectivity index (χ0v) is 12.6. The molecule has 0 radical (unpaired) electrons. The minimum Gasteiger partial charge on any atom is -0.303 e. The molecule has 2 aromatic carbocycles. The van der Waals surface area contributed by atoms with Crippen molar-refractivity contribution in [3.63, 3.8) is 0 Å². The van der Waals surface area contributed by atoms with Crippen LogP contribution in [0.25, 0.3) is 16.7 Å². The highest BCUT2D eigenvalue weighted by Crippen LogP contribution is 2.46. The first-order valence-electron chi connectivity index (χ1n) is 8.02. The summed E-state index contributed by atoms with van der Waals surface area (Å²) in [7, 11) is 0. The van der Waals surface area contributed by atoms with Gasteiger partial charge < -0.3 is 4.90 Å². The van der Waals surface area contributed by atoms with Crippen LogP contribution in [0.3, 0.4) is 0 Å². The Bertz CT molecular complexity index is 654. The van der Waals surface area contributed by atoms with E-state index < -0.39 is 0 Å². The Kier molecular flexibility index (Phi) is 3.16. The first-order valence-corrected chi connectivity index (χ1v) is 8.02.